The lowest BCUT2D eigenvalue weighted by molar-refractivity contribution is -0.152. The molecule has 1 N–H and O–H groups in total. The zero-order chi connectivity index (χ0) is 14.8. The minimum absolute atomic E-state index is 0.527. The molecule has 1 aromatic heterocycles. The van der Waals surface area contributed by atoms with Crippen molar-refractivity contribution in [2.24, 2.45) is 5.41 Å². The maximum atomic E-state index is 11.4. The number of halogens is 2. The van der Waals surface area contributed by atoms with Gasteiger partial charge >= 0.3 is 5.97 Å². The summed E-state index contributed by atoms with van der Waals surface area (Å²) in [4.78, 5) is 18.1. The summed E-state index contributed by atoms with van der Waals surface area (Å²) in [7, 11) is 0. The van der Waals surface area contributed by atoms with Crippen LogP contribution in [0.15, 0.2) is 21.2 Å². The van der Waals surface area contributed by atoms with Crippen molar-refractivity contribution >= 4 is 37.8 Å². The van der Waals surface area contributed by atoms with Gasteiger partial charge in [0.15, 0.2) is 0 Å². The van der Waals surface area contributed by atoms with Crippen LogP contribution in [0.1, 0.15) is 31.9 Å². The first-order valence-corrected chi connectivity index (χ1v) is 8.31. The van der Waals surface area contributed by atoms with Gasteiger partial charge in [0.25, 0.3) is 0 Å². The van der Waals surface area contributed by atoms with E-state index in [1.54, 1.807) is 6.20 Å². The SMILES string of the molecule is CCC1(C(=O)O)CCN(Cc2ncc(Br)cc2Br)CC1. The molecule has 1 fully saturated rings. The number of piperidine rings is 1. The van der Waals surface area contributed by atoms with Crippen molar-refractivity contribution in [1.29, 1.82) is 0 Å². The minimum Gasteiger partial charge on any atom is -0.481 e. The minimum atomic E-state index is -0.650. The van der Waals surface area contributed by atoms with Crippen LogP contribution >= 0.6 is 31.9 Å². The predicted molar refractivity (Wildman–Crippen MR) is 84.5 cm³/mol. The van der Waals surface area contributed by atoms with Crippen LogP contribution in [0.4, 0.5) is 0 Å². The number of rotatable bonds is 4. The topological polar surface area (TPSA) is 53.4 Å². The fourth-order valence-electron chi connectivity index (χ4n) is 2.63. The van der Waals surface area contributed by atoms with Crippen LogP contribution in [0.3, 0.4) is 0 Å². The predicted octanol–water partition coefficient (Wildman–Crippen LogP) is 3.68. The molecule has 0 atom stereocenters. The molecule has 4 nitrogen and oxygen atoms in total. The van der Waals surface area contributed by atoms with Gasteiger partial charge in [0.2, 0.25) is 0 Å². The number of pyridine rings is 1. The van der Waals surface area contributed by atoms with E-state index in [0.29, 0.717) is 19.3 Å². The van der Waals surface area contributed by atoms with Crippen molar-refractivity contribution in [3.63, 3.8) is 0 Å². The molecule has 1 aliphatic heterocycles. The first kappa shape index (κ1) is 15.9. The number of carboxylic acids is 1. The molecule has 1 saturated heterocycles. The molecule has 0 radical (unpaired) electrons. The quantitative estimate of drug-likeness (QED) is 0.829. The highest BCUT2D eigenvalue weighted by molar-refractivity contribution is 9.11. The lowest BCUT2D eigenvalue weighted by atomic mass is 9.76. The van der Waals surface area contributed by atoms with Gasteiger partial charge in [0, 0.05) is 21.7 Å². The van der Waals surface area contributed by atoms with Crippen LogP contribution in [0, 0.1) is 5.41 Å². The Morgan fingerprint density at radius 2 is 2.10 bits per heavy atom. The number of likely N-dealkylation sites (tertiary alicyclic amines) is 1. The number of carboxylic acid groups (broad SMARTS) is 1. The van der Waals surface area contributed by atoms with Crippen molar-refractivity contribution in [1.82, 2.24) is 9.88 Å². The Bertz CT molecular complexity index is 500. The van der Waals surface area contributed by atoms with Crippen LogP contribution in [0.5, 0.6) is 0 Å². The van der Waals surface area contributed by atoms with E-state index >= 15 is 0 Å². The largest absolute Gasteiger partial charge is 0.481 e. The normalized spacial score (nSPS) is 18.9. The Labute approximate surface area is 135 Å². The van der Waals surface area contributed by atoms with Gasteiger partial charge in [-0.3, -0.25) is 14.7 Å². The van der Waals surface area contributed by atoms with Gasteiger partial charge in [-0.25, -0.2) is 0 Å². The third-order valence-corrected chi connectivity index (χ3v) is 5.32. The van der Waals surface area contributed by atoms with Gasteiger partial charge in [0.05, 0.1) is 11.1 Å². The lowest BCUT2D eigenvalue weighted by Crippen LogP contribution is -2.43. The summed E-state index contributed by atoms with van der Waals surface area (Å²) in [6.45, 7) is 4.35. The fraction of sp³-hybridized carbons (Fsp3) is 0.571. The number of aromatic nitrogens is 1. The molecule has 0 aliphatic carbocycles. The first-order chi connectivity index (χ1) is 9.47. The van der Waals surface area contributed by atoms with E-state index in [4.69, 9.17) is 0 Å². The molecule has 2 rings (SSSR count). The number of carbonyl (C=O) groups is 1. The molecule has 110 valence electrons. The Morgan fingerprint density at radius 3 is 2.60 bits per heavy atom. The van der Waals surface area contributed by atoms with Crippen LogP contribution in [0.2, 0.25) is 0 Å². The van der Waals surface area contributed by atoms with Gasteiger partial charge in [-0.05, 0) is 70.3 Å². The maximum Gasteiger partial charge on any atom is 0.309 e. The highest BCUT2D eigenvalue weighted by Crippen LogP contribution is 2.35. The molecule has 0 amide bonds. The van der Waals surface area contributed by atoms with Gasteiger partial charge in [0.1, 0.15) is 0 Å². The molecule has 0 spiro atoms. The van der Waals surface area contributed by atoms with Crippen LogP contribution in [0.25, 0.3) is 0 Å². The van der Waals surface area contributed by atoms with Crippen LogP contribution in [-0.4, -0.2) is 34.0 Å². The monoisotopic (exact) mass is 404 g/mol. The molecular formula is C14H18Br2N2O2. The second-order valence-electron chi connectivity index (χ2n) is 5.30. The summed E-state index contributed by atoms with van der Waals surface area (Å²) in [6.07, 6.45) is 3.92. The summed E-state index contributed by atoms with van der Waals surface area (Å²) in [5.74, 6) is -0.650. The van der Waals surface area contributed by atoms with Crippen LogP contribution in [-0.2, 0) is 11.3 Å². The first-order valence-electron chi connectivity index (χ1n) is 6.72. The zero-order valence-electron chi connectivity index (χ0n) is 11.4. The Morgan fingerprint density at radius 1 is 1.45 bits per heavy atom. The standard InChI is InChI=1S/C14H18Br2N2O2/c1-2-14(13(19)20)3-5-18(6-4-14)9-12-11(16)7-10(15)8-17-12/h7-8H,2-6,9H2,1H3,(H,19,20). The van der Waals surface area contributed by atoms with Gasteiger partial charge in [-0.1, -0.05) is 6.92 Å². The summed E-state index contributed by atoms with van der Waals surface area (Å²) in [5, 5.41) is 9.40. The molecule has 1 aromatic rings. The third-order valence-electron chi connectivity index (χ3n) is 4.20. The molecule has 0 unspecified atom stereocenters. The number of aliphatic carboxylic acids is 1. The van der Waals surface area contributed by atoms with Crippen molar-refractivity contribution < 1.29 is 9.90 Å². The van der Waals surface area contributed by atoms with E-state index in [0.717, 1.165) is 34.3 Å². The molecule has 0 bridgehead atoms. The average Bonchev–Trinajstić information content (AvgIpc) is 2.42. The summed E-state index contributed by atoms with van der Waals surface area (Å²) < 4.78 is 1.93. The van der Waals surface area contributed by atoms with E-state index in [9.17, 15) is 9.90 Å². The number of nitrogens with zero attached hydrogens (tertiary/aromatic N) is 2. The Balaban J connectivity index is 1.99. The number of hydrogen-bond donors (Lipinski definition) is 1. The van der Waals surface area contributed by atoms with Crippen molar-refractivity contribution in [3.8, 4) is 0 Å². The highest BCUT2D eigenvalue weighted by atomic mass is 79.9. The molecule has 2 heterocycles. The van der Waals surface area contributed by atoms with E-state index in [1.165, 1.54) is 0 Å². The lowest BCUT2D eigenvalue weighted by Gasteiger charge is -2.38. The molecule has 1 aliphatic rings. The fourth-order valence-corrected chi connectivity index (χ4v) is 3.74. The van der Waals surface area contributed by atoms with E-state index in [1.807, 2.05) is 13.0 Å². The van der Waals surface area contributed by atoms with E-state index in [2.05, 4.69) is 41.7 Å². The van der Waals surface area contributed by atoms with Gasteiger partial charge in [-0.15, -0.1) is 0 Å². The van der Waals surface area contributed by atoms with E-state index in [-0.39, 0.29) is 0 Å². The van der Waals surface area contributed by atoms with E-state index < -0.39 is 11.4 Å². The Hall–Kier alpha value is -0.460. The van der Waals surface area contributed by atoms with Crippen LogP contribution < -0.4 is 0 Å². The average molecular weight is 406 g/mol. The van der Waals surface area contributed by atoms with Gasteiger partial charge < -0.3 is 5.11 Å². The second kappa shape index (κ2) is 6.54. The Kier molecular flexibility index (Phi) is 5.20. The summed E-state index contributed by atoms with van der Waals surface area (Å²) >= 11 is 6.91. The van der Waals surface area contributed by atoms with Crippen molar-refractivity contribution in [2.45, 2.75) is 32.7 Å². The summed E-state index contributed by atoms with van der Waals surface area (Å²) in [6, 6.07) is 1.99. The maximum absolute atomic E-state index is 11.4. The molecule has 20 heavy (non-hydrogen) atoms. The molecule has 0 saturated carbocycles. The van der Waals surface area contributed by atoms with Crippen molar-refractivity contribution in [3.05, 3.63) is 26.9 Å². The molecule has 6 heteroatoms. The zero-order valence-corrected chi connectivity index (χ0v) is 14.6. The van der Waals surface area contributed by atoms with Gasteiger partial charge in [-0.2, -0.15) is 0 Å². The molecule has 0 aromatic carbocycles. The third kappa shape index (κ3) is 3.40. The number of hydrogen-bond acceptors (Lipinski definition) is 3. The highest BCUT2D eigenvalue weighted by Gasteiger charge is 2.39. The molecular weight excluding hydrogens is 388 g/mol. The summed E-state index contributed by atoms with van der Waals surface area (Å²) in [5.41, 5.74) is 0.466. The second-order valence-corrected chi connectivity index (χ2v) is 7.07. The van der Waals surface area contributed by atoms with Crippen molar-refractivity contribution in [2.75, 3.05) is 13.1 Å². The smallest absolute Gasteiger partial charge is 0.309 e.